The maximum absolute atomic E-state index is 13.2. The fourth-order valence-corrected chi connectivity index (χ4v) is 2.67. The second-order valence-corrected chi connectivity index (χ2v) is 11.1. The van der Waals surface area contributed by atoms with Crippen molar-refractivity contribution in [1.29, 1.82) is 0 Å². The van der Waals surface area contributed by atoms with Crippen LogP contribution in [-0.4, -0.2) is 84.0 Å². The van der Waals surface area contributed by atoms with Gasteiger partial charge in [0.05, 0.1) is 14.2 Å². The molecule has 3 atom stereocenters. The first-order chi connectivity index (χ1) is 16.5. The summed E-state index contributed by atoms with van der Waals surface area (Å²) in [5.41, 5.74) is -3.12. The van der Waals surface area contributed by atoms with Gasteiger partial charge in [0.15, 0.2) is 12.0 Å². The van der Waals surface area contributed by atoms with Gasteiger partial charge in [-0.3, -0.25) is 14.4 Å². The number of imide groups is 1. The van der Waals surface area contributed by atoms with Gasteiger partial charge in [-0.1, -0.05) is 0 Å². The Labute approximate surface area is 217 Å². The number of nitrogens with zero attached hydrogens (tertiary/aromatic N) is 1. The Balaban J connectivity index is 6.36. The molecule has 0 aromatic heterocycles. The number of carbonyl (C=O) groups is 6. The number of hydrogen-bond donors (Lipinski definition) is 1. The molecule has 0 aliphatic carbocycles. The standard InChI is InChI=1S/C24H40N2O11/c1-13(26(20(31)36-23(5,6)7)21(32)37-24(8,9)10)16(27)25-15(19(30)34-12)14(17(28)33-11)18(29)35-22(2,3)4/h13-15H,1-12H3,(H,25,27)/t13-,14?,15?/m0/s1. The number of amides is 3. The molecule has 1 N–H and O–H groups in total. The SMILES string of the molecule is COC(=O)C(NC(=O)[C@H](C)N(C(=O)OC(C)(C)C)C(=O)OC(C)(C)C)C(C(=O)OC)C(=O)OC(C)(C)C. The second kappa shape index (κ2) is 12.7. The molecule has 0 heterocycles. The van der Waals surface area contributed by atoms with Crippen molar-refractivity contribution in [3.8, 4) is 0 Å². The van der Waals surface area contributed by atoms with E-state index in [1.165, 1.54) is 20.8 Å². The predicted octanol–water partition coefficient (Wildman–Crippen LogP) is 2.34. The van der Waals surface area contributed by atoms with Gasteiger partial charge in [0.1, 0.15) is 22.8 Å². The molecule has 13 heteroatoms. The molecule has 0 aliphatic heterocycles. The molecule has 0 spiro atoms. The van der Waals surface area contributed by atoms with Crippen LogP contribution in [0, 0.1) is 5.92 Å². The third-order valence-corrected chi connectivity index (χ3v) is 4.15. The van der Waals surface area contributed by atoms with Crippen molar-refractivity contribution < 1.29 is 52.5 Å². The third kappa shape index (κ3) is 11.5. The minimum atomic E-state index is -1.95. The summed E-state index contributed by atoms with van der Waals surface area (Å²) in [7, 11) is 1.95. The predicted molar refractivity (Wildman–Crippen MR) is 129 cm³/mol. The summed E-state index contributed by atoms with van der Waals surface area (Å²) in [6.07, 6.45) is -2.40. The van der Waals surface area contributed by atoms with Crippen molar-refractivity contribution in [2.45, 2.75) is 98.1 Å². The number of esters is 3. The van der Waals surface area contributed by atoms with Gasteiger partial charge in [-0.05, 0) is 69.2 Å². The highest BCUT2D eigenvalue weighted by Gasteiger charge is 2.46. The molecule has 2 unspecified atom stereocenters. The van der Waals surface area contributed by atoms with E-state index in [1.807, 2.05) is 0 Å². The summed E-state index contributed by atoms with van der Waals surface area (Å²) in [6, 6.07) is -3.53. The molecule has 0 bridgehead atoms. The van der Waals surface area contributed by atoms with Crippen LogP contribution < -0.4 is 5.32 Å². The van der Waals surface area contributed by atoms with Gasteiger partial charge in [-0.25, -0.2) is 14.4 Å². The van der Waals surface area contributed by atoms with E-state index in [4.69, 9.17) is 14.2 Å². The fraction of sp³-hybridized carbons (Fsp3) is 0.750. The largest absolute Gasteiger partial charge is 0.468 e. The van der Waals surface area contributed by atoms with Gasteiger partial charge < -0.3 is 29.0 Å². The van der Waals surface area contributed by atoms with E-state index < -0.39 is 70.8 Å². The summed E-state index contributed by atoms with van der Waals surface area (Å²) >= 11 is 0. The highest BCUT2D eigenvalue weighted by molar-refractivity contribution is 6.03. The van der Waals surface area contributed by atoms with Crippen molar-refractivity contribution in [3.05, 3.63) is 0 Å². The van der Waals surface area contributed by atoms with Crippen LogP contribution in [0.2, 0.25) is 0 Å². The maximum atomic E-state index is 13.2. The first-order valence-corrected chi connectivity index (χ1v) is 11.5. The summed E-state index contributed by atoms with van der Waals surface area (Å²) in [4.78, 5) is 77.1. The molecule has 3 amide bonds. The molecule has 0 saturated carbocycles. The zero-order valence-corrected chi connectivity index (χ0v) is 23.7. The van der Waals surface area contributed by atoms with E-state index in [0.29, 0.717) is 4.90 Å². The highest BCUT2D eigenvalue weighted by Crippen LogP contribution is 2.19. The van der Waals surface area contributed by atoms with E-state index in [-0.39, 0.29) is 0 Å². The molecule has 0 aromatic rings. The van der Waals surface area contributed by atoms with E-state index >= 15 is 0 Å². The van der Waals surface area contributed by atoms with Gasteiger partial charge >= 0.3 is 30.1 Å². The maximum Gasteiger partial charge on any atom is 0.420 e. The Morgan fingerprint density at radius 2 is 1.00 bits per heavy atom. The van der Waals surface area contributed by atoms with Crippen LogP contribution in [0.5, 0.6) is 0 Å². The average molecular weight is 533 g/mol. The Kier molecular flexibility index (Phi) is 11.6. The van der Waals surface area contributed by atoms with Crippen LogP contribution in [0.25, 0.3) is 0 Å². The van der Waals surface area contributed by atoms with Gasteiger partial charge in [0.25, 0.3) is 0 Å². The minimum absolute atomic E-state index is 0.417. The quantitative estimate of drug-likeness (QED) is 0.291. The molecule has 0 rings (SSSR count). The lowest BCUT2D eigenvalue weighted by atomic mass is 9.98. The monoisotopic (exact) mass is 532 g/mol. The van der Waals surface area contributed by atoms with Crippen molar-refractivity contribution in [2.75, 3.05) is 14.2 Å². The van der Waals surface area contributed by atoms with E-state index in [2.05, 4.69) is 14.8 Å². The number of carbonyl (C=O) groups excluding carboxylic acids is 6. The number of ether oxygens (including phenoxy) is 5. The molecule has 0 aliphatic rings. The van der Waals surface area contributed by atoms with Gasteiger partial charge in [0, 0.05) is 0 Å². The van der Waals surface area contributed by atoms with Gasteiger partial charge in [-0.2, -0.15) is 4.90 Å². The zero-order valence-electron chi connectivity index (χ0n) is 23.7. The normalized spacial score (nSPS) is 14.3. The molecular formula is C24H40N2O11. The second-order valence-electron chi connectivity index (χ2n) is 11.1. The Bertz CT molecular complexity index is 851. The molecule has 0 fully saturated rings. The topological polar surface area (TPSA) is 164 Å². The number of methoxy groups -OCH3 is 2. The van der Waals surface area contributed by atoms with Crippen LogP contribution in [0.1, 0.15) is 69.2 Å². The van der Waals surface area contributed by atoms with E-state index in [1.54, 1.807) is 41.5 Å². The van der Waals surface area contributed by atoms with E-state index in [0.717, 1.165) is 21.1 Å². The van der Waals surface area contributed by atoms with Crippen molar-refractivity contribution in [2.24, 2.45) is 5.92 Å². The van der Waals surface area contributed by atoms with Crippen molar-refractivity contribution in [3.63, 3.8) is 0 Å². The summed E-state index contributed by atoms with van der Waals surface area (Å²) in [5.74, 6) is -6.59. The Morgan fingerprint density at radius 1 is 0.622 bits per heavy atom. The van der Waals surface area contributed by atoms with Crippen molar-refractivity contribution in [1.82, 2.24) is 10.2 Å². The van der Waals surface area contributed by atoms with E-state index in [9.17, 15) is 28.8 Å². The van der Waals surface area contributed by atoms with Crippen LogP contribution in [-0.2, 0) is 42.9 Å². The first kappa shape index (κ1) is 33.6. The lowest BCUT2D eigenvalue weighted by Gasteiger charge is -2.32. The zero-order chi connectivity index (χ0) is 29.5. The average Bonchev–Trinajstić information content (AvgIpc) is 2.68. The summed E-state index contributed by atoms with van der Waals surface area (Å²) < 4.78 is 25.0. The molecule has 212 valence electrons. The van der Waals surface area contributed by atoms with Gasteiger partial charge in [-0.15, -0.1) is 0 Å². The van der Waals surface area contributed by atoms with Gasteiger partial charge in [0.2, 0.25) is 5.91 Å². The van der Waals surface area contributed by atoms with Crippen LogP contribution in [0.15, 0.2) is 0 Å². The molecule has 0 aromatic carbocycles. The Morgan fingerprint density at radius 3 is 1.32 bits per heavy atom. The summed E-state index contributed by atoms with van der Waals surface area (Å²) in [5, 5.41) is 2.19. The fourth-order valence-electron chi connectivity index (χ4n) is 2.67. The highest BCUT2D eigenvalue weighted by atomic mass is 16.6. The smallest absolute Gasteiger partial charge is 0.420 e. The summed E-state index contributed by atoms with van der Waals surface area (Å²) in [6.45, 7) is 15.1. The molecule has 13 nitrogen and oxygen atoms in total. The number of nitrogens with one attached hydrogen (secondary N) is 1. The third-order valence-electron chi connectivity index (χ3n) is 4.15. The minimum Gasteiger partial charge on any atom is -0.468 e. The lowest BCUT2D eigenvalue weighted by molar-refractivity contribution is -0.173. The molecule has 0 saturated heterocycles. The number of rotatable bonds is 7. The number of hydrogen-bond acceptors (Lipinski definition) is 11. The molecule has 37 heavy (non-hydrogen) atoms. The van der Waals surface area contributed by atoms with Crippen LogP contribution in [0.4, 0.5) is 9.59 Å². The Hall–Kier alpha value is -3.38. The van der Waals surface area contributed by atoms with Crippen LogP contribution >= 0.6 is 0 Å². The van der Waals surface area contributed by atoms with Crippen LogP contribution in [0.3, 0.4) is 0 Å². The first-order valence-electron chi connectivity index (χ1n) is 11.5. The molecular weight excluding hydrogens is 492 g/mol. The lowest BCUT2D eigenvalue weighted by Crippen LogP contribution is -2.59. The van der Waals surface area contributed by atoms with Crippen molar-refractivity contribution >= 4 is 36.0 Å². The molecule has 0 radical (unpaired) electrons.